The van der Waals surface area contributed by atoms with Gasteiger partial charge in [-0.1, -0.05) is 0 Å². The van der Waals surface area contributed by atoms with Gasteiger partial charge < -0.3 is 8.98 Å². The van der Waals surface area contributed by atoms with Crippen molar-refractivity contribution in [1.82, 2.24) is 9.55 Å². The zero-order valence-corrected chi connectivity index (χ0v) is 13.8. The fourth-order valence-corrected chi connectivity index (χ4v) is 3.01. The lowest BCUT2D eigenvalue weighted by Gasteiger charge is -2.07. The largest absolute Gasteiger partial charge is 0.454 e. The molecule has 0 amide bonds. The first-order valence-electron chi connectivity index (χ1n) is 7.80. The maximum Gasteiger partial charge on any atom is 0.449 e. The van der Waals surface area contributed by atoms with Crippen molar-refractivity contribution >= 4 is 22.0 Å². The molecule has 0 unspecified atom stereocenters. The van der Waals surface area contributed by atoms with Gasteiger partial charge in [-0.25, -0.2) is 4.98 Å². The molecular formula is C19H10F3N3O2. The molecule has 0 aliphatic heterocycles. The quantitative estimate of drug-likeness (QED) is 0.503. The number of imidazole rings is 1. The maximum absolute atomic E-state index is 13.2. The van der Waals surface area contributed by atoms with Gasteiger partial charge >= 0.3 is 6.18 Å². The maximum atomic E-state index is 13.2. The first kappa shape index (κ1) is 16.8. The molecule has 2 heterocycles. The number of hydrogen-bond donors (Lipinski definition) is 0. The highest BCUT2D eigenvalue weighted by atomic mass is 19.4. The number of halogens is 3. The number of alkyl halides is 3. The Balaban J connectivity index is 2.04. The summed E-state index contributed by atoms with van der Waals surface area (Å²) in [5.74, 6) is -0.879. The number of nitriles is 1. The van der Waals surface area contributed by atoms with Gasteiger partial charge in [0.25, 0.3) is 0 Å². The van der Waals surface area contributed by atoms with Crippen LogP contribution in [-0.4, -0.2) is 9.55 Å². The number of aromatic nitrogens is 2. The van der Waals surface area contributed by atoms with E-state index >= 15 is 0 Å². The molecule has 2 aromatic heterocycles. The van der Waals surface area contributed by atoms with Crippen LogP contribution in [0.3, 0.4) is 0 Å². The summed E-state index contributed by atoms with van der Waals surface area (Å²) in [5.41, 5.74) is 0.788. The van der Waals surface area contributed by atoms with Crippen molar-refractivity contribution in [3.8, 4) is 17.4 Å². The van der Waals surface area contributed by atoms with Crippen molar-refractivity contribution in [3.63, 3.8) is 0 Å². The van der Waals surface area contributed by atoms with E-state index in [1.165, 1.54) is 25.2 Å². The molecule has 0 fully saturated rings. The second kappa shape index (κ2) is 5.71. The van der Waals surface area contributed by atoms with Crippen LogP contribution in [0.25, 0.3) is 33.3 Å². The SMILES string of the molecule is Cn1c(C(F)(F)F)nc2ccc3c(=O)cc(-c4ccc(C#N)cc4)oc3c21. The fourth-order valence-electron chi connectivity index (χ4n) is 3.01. The van der Waals surface area contributed by atoms with E-state index in [1.807, 2.05) is 6.07 Å². The van der Waals surface area contributed by atoms with Crippen LogP contribution in [0, 0.1) is 11.3 Å². The normalized spacial score (nSPS) is 11.8. The smallest absolute Gasteiger partial charge is 0.449 e. The lowest BCUT2D eigenvalue weighted by atomic mass is 10.1. The Kier molecular flexibility index (Phi) is 3.56. The minimum atomic E-state index is -4.63. The Morgan fingerprint density at radius 3 is 2.48 bits per heavy atom. The van der Waals surface area contributed by atoms with Gasteiger partial charge in [0, 0.05) is 18.7 Å². The minimum Gasteiger partial charge on any atom is -0.454 e. The lowest BCUT2D eigenvalue weighted by molar-refractivity contribution is -0.146. The van der Waals surface area contributed by atoms with Gasteiger partial charge in [-0.15, -0.1) is 0 Å². The van der Waals surface area contributed by atoms with E-state index in [9.17, 15) is 18.0 Å². The molecule has 8 heteroatoms. The van der Waals surface area contributed by atoms with Crippen molar-refractivity contribution in [1.29, 1.82) is 5.26 Å². The van der Waals surface area contributed by atoms with Crippen molar-refractivity contribution in [2.45, 2.75) is 6.18 Å². The molecule has 2 aromatic carbocycles. The van der Waals surface area contributed by atoms with Crippen molar-refractivity contribution in [3.05, 3.63) is 64.1 Å². The van der Waals surface area contributed by atoms with Gasteiger partial charge in [-0.2, -0.15) is 18.4 Å². The molecule has 0 saturated carbocycles. The third kappa shape index (κ3) is 2.64. The summed E-state index contributed by atoms with van der Waals surface area (Å²) in [5, 5.41) is 9.04. The molecule has 0 saturated heterocycles. The average Bonchev–Trinajstić information content (AvgIpc) is 2.99. The molecule has 5 nitrogen and oxygen atoms in total. The summed E-state index contributed by atoms with van der Waals surface area (Å²) in [6.45, 7) is 0. The molecular weight excluding hydrogens is 359 g/mol. The van der Waals surface area contributed by atoms with Crippen LogP contribution in [0.2, 0.25) is 0 Å². The lowest BCUT2D eigenvalue weighted by Crippen LogP contribution is -2.12. The Labute approximate surface area is 149 Å². The Hall–Kier alpha value is -3.60. The highest BCUT2D eigenvalue weighted by Crippen LogP contribution is 2.34. The summed E-state index contributed by atoms with van der Waals surface area (Å²) in [6.07, 6.45) is -4.63. The second-order valence-corrected chi connectivity index (χ2v) is 5.97. The first-order chi connectivity index (χ1) is 12.8. The van der Waals surface area contributed by atoms with E-state index in [2.05, 4.69) is 4.98 Å². The van der Waals surface area contributed by atoms with Crippen LogP contribution < -0.4 is 5.43 Å². The van der Waals surface area contributed by atoms with Crippen LogP contribution in [0.4, 0.5) is 13.2 Å². The standard InChI is InChI=1S/C19H10F3N3O2/c1-25-16-13(24-18(25)19(20,21)22)7-6-12-14(26)8-15(27-17(12)16)11-4-2-10(9-23)3-5-11/h2-8H,1H3. The molecule has 134 valence electrons. The third-order valence-electron chi connectivity index (χ3n) is 4.28. The molecule has 4 aromatic rings. The molecule has 4 rings (SSSR count). The predicted octanol–water partition coefficient (Wildman–Crippen LogP) is 4.24. The summed E-state index contributed by atoms with van der Waals surface area (Å²) in [6, 6.07) is 12.4. The van der Waals surface area contributed by atoms with Crippen LogP contribution >= 0.6 is 0 Å². The topological polar surface area (TPSA) is 71.8 Å². The zero-order chi connectivity index (χ0) is 19.3. The number of fused-ring (bicyclic) bond motifs is 3. The molecule has 0 N–H and O–H groups in total. The van der Waals surface area contributed by atoms with Crippen molar-refractivity contribution < 1.29 is 17.6 Å². The highest BCUT2D eigenvalue weighted by molar-refractivity contribution is 6.01. The Morgan fingerprint density at radius 1 is 1.15 bits per heavy atom. The highest BCUT2D eigenvalue weighted by Gasteiger charge is 2.37. The summed E-state index contributed by atoms with van der Waals surface area (Å²) in [7, 11) is 1.23. The molecule has 0 aliphatic rings. The summed E-state index contributed by atoms with van der Waals surface area (Å²) in [4.78, 5) is 16.1. The second-order valence-electron chi connectivity index (χ2n) is 5.97. The van der Waals surface area contributed by atoms with Crippen molar-refractivity contribution in [2.75, 3.05) is 0 Å². The number of rotatable bonds is 1. The molecule has 0 atom stereocenters. The monoisotopic (exact) mass is 369 g/mol. The molecule has 0 bridgehead atoms. The van der Waals surface area contributed by atoms with E-state index in [1.54, 1.807) is 24.3 Å². The third-order valence-corrected chi connectivity index (χ3v) is 4.28. The number of benzene rings is 2. The molecule has 0 radical (unpaired) electrons. The van der Waals surface area contributed by atoms with Crippen LogP contribution in [0.15, 0.2) is 51.7 Å². The van der Waals surface area contributed by atoms with Gasteiger partial charge in [-0.3, -0.25) is 4.79 Å². The van der Waals surface area contributed by atoms with Crippen molar-refractivity contribution in [2.24, 2.45) is 7.05 Å². The van der Waals surface area contributed by atoms with Crippen LogP contribution in [0.1, 0.15) is 11.4 Å². The van der Waals surface area contributed by atoms with Gasteiger partial charge in [0.1, 0.15) is 11.3 Å². The average molecular weight is 369 g/mol. The minimum absolute atomic E-state index is 0.0323. The molecule has 0 spiro atoms. The molecule has 0 aliphatic carbocycles. The summed E-state index contributed by atoms with van der Waals surface area (Å²) < 4.78 is 46.2. The van der Waals surface area contributed by atoms with Crippen LogP contribution in [0.5, 0.6) is 0 Å². The Morgan fingerprint density at radius 2 is 1.85 bits per heavy atom. The predicted molar refractivity (Wildman–Crippen MR) is 91.9 cm³/mol. The number of nitrogens with zero attached hydrogens (tertiary/aromatic N) is 3. The zero-order valence-electron chi connectivity index (χ0n) is 13.8. The van der Waals surface area contributed by atoms with E-state index in [0.29, 0.717) is 11.1 Å². The van der Waals surface area contributed by atoms with E-state index < -0.39 is 12.0 Å². The van der Waals surface area contributed by atoms with Crippen LogP contribution in [-0.2, 0) is 13.2 Å². The Bertz CT molecular complexity index is 1290. The molecule has 27 heavy (non-hydrogen) atoms. The van der Waals surface area contributed by atoms with E-state index in [-0.39, 0.29) is 33.2 Å². The number of hydrogen-bond acceptors (Lipinski definition) is 4. The fraction of sp³-hybridized carbons (Fsp3) is 0.105. The summed E-state index contributed by atoms with van der Waals surface area (Å²) >= 11 is 0. The van der Waals surface area contributed by atoms with Gasteiger partial charge in [0.2, 0.25) is 5.82 Å². The first-order valence-corrected chi connectivity index (χ1v) is 7.80. The number of aryl methyl sites for hydroxylation is 1. The van der Waals surface area contributed by atoms with E-state index in [4.69, 9.17) is 9.68 Å². The van der Waals surface area contributed by atoms with Gasteiger partial charge in [0.15, 0.2) is 11.0 Å². The van der Waals surface area contributed by atoms with Gasteiger partial charge in [-0.05, 0) is 36.4 Å². The van der Waals surface area contributed by atoms with E-state index in [0.717, 1.165) is 4.57 Å². The van der Waals surface area contributed by atoms with Gasteiger partial charge in [0.05, 0.1) is 22.5 Å².